The highest BCUT2D eigenvalue weighted by Crippen LogP contribution is 1.86. The molecule has 0 bridgehead atoms. The van der Waals surface area contributed by atoms with E-state index in [0.29, 0.717) is 0 Å². The van der Waals surface area contributed by atoms with Crippen LogP contribution in [-0.4, -0.2) is 12.0 Å². The van der Waals surface area contributed by atoms with Crippen LogP contribution in [0, 0.1) is 0 Å². The monoisotopic (exact) mass is 155 g/mol. The van der Waals surface area contributed by atoms with Gasteiger partial charge < -0.3 is 0 Å². The third kappa shape index (κ3) is 7.50. The fraction of sp³-hybridized carbons (Fsp3) is 0.375. The van der Waals surface area contributed by atoms with Gasteiger partial charge in [-0.2, -0.15) is 12.6 Å². The van der Waals surface area contributed by atoms with Gasteiger partial charge in [-0.1, -0.05) is 12.2 Å². The molecule has 56 valence electrons. The average Bonchev–Trinajstić information content (AvgIpc) is 1.97. The Hall–Kier alpha value is -0.500. The zero-order valence-corrected chi connectivity index (χ0v) is 7.09. The molecule has 0 heterocycles. The highest BCUT2D eigenvalue weighted by molar-refractivity contribution is 7.80. The van der Waals surface area contributed by atoms with Crippen LogP contribution in [0.5, 0.6) is 0 Å². The van der Waals surface area contributed by atoms with Crippen LogP contribution in [0.15, 0.2) is 29.4 Å². The topological polar surface area (TPSA) is 12.4 Å². The van der Waals surface area contributed by atoms with Crippen molar-refractivity contribution in [3.63, 3.8) is 0 Å². The minimum absolute atomic E-state index is 0.904. The summed E-state index contributed by atoms with van der Waals surface area (Å²) in [5.41, 5.74) is 0. The number of thiol groups is 1. The maximum atomic E-state index is 4.06. The molecule has 0 amide bonds. The van der Waals surface area contributed by atoms with E-state index in [1.165, 1.54) is 0 Å². The van der Waals surface area contributed by atoms with Crippen LogP contribution in [0.3, 0.4) is 0 Å². The van der Waals surface area contributed by atoms with Crippen LogP contribution in [0.2, 0.25) is 0 Å². The van der Waals surface area contributed by atoms with E-state index in [2.05, 4.69) is 23.7 Å². The molecular formula is C8H13NS. The van der Waals surface area contributed by atoms with E-state index in [-0.39, 0.29) is 0 Å². The minimum atomic E-state index is 0.904. The lowest BCUT2D eigenvalue weighted by molar-refractivity contribution is 1.25. The number of hydrogen-bond acceptors (Lipinski definition) is 2. The lowest BCUT2D eigenvalue weighted by Crippen LogP contribution is -1.64. The maximum absolute atomic E-state index is 4.06. The second-order valence-corrected chi connectivity index (χ2v) is 2.14. The normalized spacial score (nSPS) is 12.6. The van der Waals surface area contributed by atoms with Gasteiger partial charge in [0.15, 0.2) is 0 Å². The van der Waals surface area contributed by atoms with Gasteiger partial charge in [0.25, 0.3) is 0 Å². The van der Waals surface area contributed by atoms with Crippen molar-refractivity contribution in [2.24, 2.45) is 4.99 Å². The Morgan fingerprint density at radius 2 is 2.20 bits per heavy atom. The van der Waals surface area contributed by atoms with E-state index < -0.39 is 0 Å². The molecule has 10 heavy (non-hydrogen) atoms. The number of nitrogens with zero attached hydrogens (tertiary/aromatic N) is 1. The first-order chi connectivity index (χ1) is 4.91. The summed E-state index contributed by atoms with van der Waals surface area (Å²) in [6.45, 7) is 1.89. The van der Waals surface area contributed by atoms with Crippen molar-refractivity contribution in [3.8, 4) is 0 Å². The van der Waals surface area contributed by atoms with Crippen molar-refractivity contribution in [2.45, 2.75) is 13.3 Å². The van der Waals surface area contributed by atoms with Gasteiger partial charge in [0, 0.05) is 12.4 Å². The Morgan fingerprint density at radius 3 is 2.80 bits per heavy atom. The highest BCUT2D eigenvalue weighted by atomic mass is 32.1. The lowest BCUT2D eigenvalue weighted by atomic mass is 10.4. The van der Waals surface area contributed by atoms with Crippen LogP contribution in [-0.2, 0) is 0 Å². The summed E-state index contributed by atoms with van der Waals surface area (Å²) in [5, 5.41) is 0. The Labute approximate surface area is 68.0 Å². The van der Waals surface area contributed by atoms with Crippen molar-refractivity contribution in [3.05, 3.63) is 24.4 Å². The molecule has 0 unspecified atom stereocenters. The van der Waals surface area contributed by atoms with Crippen LogP contribution in [0.25, 0.3) is 0 Å². The van der Waals surface area contributed by atoms with Crippen molar-refractivity contribution < 1.29 is 0 Å². The largest absolute Gasteiger partial charge is 0.269 e. The van der Waals surface area contributed by atoms with Crippen molar-refractivity contribution in [1.29, 1.82) is 0 Å². The zero-order chi connectivity index (χ0) is 7.66. The summed E-state index contributed by atoms with van der Waals surface area (Å²) in [5.74, 6) is 0.904. The number of allylic oxidation sites excluding steroid dienone is 3. The van der Waals surface area contributed by atoms with E-state index in [9.17, 15) is 0 Å². The van der Waals surface area contributed by atoms with Crippen LogP contribution in [0.4, 0.5) is 0 Å². The summed E-state index contributed by atoms with van der Waals surface area (Å²) in [4.78, 5) is 3.89. The van der Waals surface area contributed by atoms with E-state index in [1.54, 1.807) is 12.4 Å². The van der Waals surface area contributed by atoms with E-state index in [1.807, 2.05) is 19.1 Å². The van der Waals surface area contributed by atoms with Crippen LogP contribution in [0.1, 0.15) is 13.3 Å². The molecule has 0 aromatic heterocycles. The first kappa shape index (κ1) is 9.50. The van der Waals surface area contributed by atoms with Crippen LogP contribution >= 0.6 is 12.6 Å². The Morgan fingerprint density at radius 1 is 1.40 bits per heavy atom. The van der Waals surface area contributed by atoms with Crippen molar-refractivity contribution >= 4 is 18.8 Å². The molecule has 0 aliphatic heterocycles. The molecular weight excluding hydrogens is 142 g/mol. The zero-order valence-electron chi connectivity index (χ0n) is 6.20. The molecule has 0 saturated carbocycles. The predicted octanol–water partition coefficient (Wildman–Crippen LogP) is 2.47. The van der Waals surface area contributed by atoms with Gasteiger partial charge in [0.05, 0.1) is 0 Å². The molecule has 0 aliphatic carbocycles. The summed E-state index contributed by atoms with van der Waals surface area (Å²) in [7, 11) is 0. The average molecular weight is 155 g/mol. The third-order valence-corrected chi connectivity index (χ3v) is 1.12. The first-order valence-electron chi connectivity index (χ1n) is 3.32. The molecule has 0 saturated heterocycles. The molecule has 1 nitrogen and oxygen atoms in total. The van der Waals surface area contributed by atoms with E-state index in [4.69, 9.17) is 0 Å². The highest BCUT2D eigenvalue weighted by Gasteiger charge is 1.68. The maximum Gasteiger partial charge on any atom is 0.0263 e. The lowest BCUT2D eigenvalue weighted by Gasteiger charge is -1.78. The molecule has 2 heteroatoms. The molecule has 0 rings (SSSR count). The Bertz CT molecular complexity index is 136. The summed E-state index contributed by atoms with van der Waals surface area (Å²) in [6.07, 6.45) is 10.5. The summed E-state index contributed by atoms with van der Waals surface area (Å²) < 4.78 is 0. The number of aliphatic imine (C=N–C) groups is 1. The third-order valence-electron chi connectivity index (χ3n) is 0.864. The van der Waals surface area contributed by atoms with Gasteiger partial charge in [-0.3, -0.25) is 4.99 Å². The van der Waals surface area contributed by atoms with Crippen molar-refractivity contribution in [2.75, 3.05) is 5.75 Å². The van der Waals surface area contributed by atoms with Gasteiger partial charge in [-0.15, -0.1) is 0 Å². The fourth-order valence-electron chi connectivity index (χ4n) is 0.435. The smallest absolute Gasteiger partial charge is 0.0263 e. The SMILES string of the molecule is CC=NC=CC=CCCS. The van der Waals surface area contributed by atoms with Gasteiger partial charge in [-0.25, -0.2) is 0 Å². The Balaban J connectivity index is 3.32. The minimum Gasteiger partial charge on any atom is -0.269 e. The van der Waals surface area contributed by atoms with Crippen LogP contribution < -0.4 is 0 Å². The second-order valence-electron chi connectivity index (χ2n) is 1.69. The molecule has 0 spiro atoms. The molecule has 0 aromatic rings. The number of hydrogen-bond donors (Lipinski definition) is 1. The van der Waals surface area contributed by atoms with Gasteiger partial charge in [0.2, 0.25) is 0 Å². The number of rotatable bonds is 4. The molecule has 0 atom stereocenters. The summed E-state index contributed by atoms with van der Waals surface area (Å²) >= 11 is 4.06. The van der Waals surface area contributed by atoms with Gasteiger partial charge in [-0.05, 0) is 25.2 Å². The second kappa shape index (κ2) is 8.50. The quantitative estimate of drug-likeness (QED) is 0.364. The molecule has 0 aromatic carbocycles. The first-order valence-corrected chi connectivity index (χ1v) is 3.95. The standard InChI is InChI=1S/C8H13NS/c1-2-9-7-5-3-4-6-8-10/h2-5,7,10H,6,8H2,1H3. The van der Waals surface area contributed by atoms with Gasteiger partial charge >= 0.3 is 0 Å². The Kier molecular flexibility index (Phi) is 8.07. The molecule has 0 aliphatic rings. The van der Waals surface area contributed by atoms with Gasteiger partial charge in [0.1, 0.15) is 0 Å². The predicted molar refractivity (Wildman–Crippen MR) is 50.9 cm³/mol. The molecule has 0 N–H and O–H groups in total. The van der Waals surface area contributed by atoms with E-state index >= 15 is 0 Å². The molecule has 0 radical (unpaired) electrons. The van der Waals surface area contributed by atoms with Crippen molar-refractivity contribution in [1.82, 2.24) is 0 Å². The molecule has 0 fully saturated rings. The van der Waals surface area contributed by atoms with E-state index in [0.717, 1.165) is 12.2 Å². The summed E-state index contributed by atoms with van der Waals surface area (Å²) in [6, 6.07) is 0. The fourth-order valence-corrected chi connectivity index (χ4v) is 0.584.